The SMILES string of the molecule is CCCCNCCCC(C)(OCC)O[Si](OCC)(OCC)OCC. The quantitative estimate of drug-likeness (QED) is 0.242. The van der Waals surface area contributed by atoms with Gasteiger partial charge in [-0.05, 0) is 60.5 Å². The zero-order valence-electron chi connectivity index (χ0n) is 16.6. The first kappa shape index (κ1) is 24.0. The average molecular weight is 366 g/mol. The van der Waals surface area contributed by atoms with E-state index >= 15 is 0 Å². The lowest BCUT2D eigenvalue weighted by Gasteiger charge is -2.37. The molecule has 1 N–H and O–H groups in total. The van der Waals surface area contributed by atoms with Crippen LogP contribution in [-0.4, -0.2) is 54.4 Å². The molecular formula is C17H39NO5Si. The molecular weight excluding hydrogens is 326 g/mol. The number of unbranched alkanes of at least 4 members (excludes halogenated alkanes) is 1. The van der Waals surface area contributed by atoms with E-state index in [0.717, 1.165) is 25.9 Å². The summed E-state index contributed by atoms with van der Waals surface area (Å²) in [6.45, 7) is 15.9. The molecule has 0 aromatic heterocycles. The van der Waals surface area contributed by atoms with Gasteiger partial charge >= 0.3 is 9.05 Å². The van der Waals surface area contributed by atoms with E-state index in [1.165, 1.54) is 12.8 Å². The van der Waals surface area contributed by atoms with E-state index < -0.39 is 14.8 Å². The molecule has 0 spiro atoms. The third-order valence-electron chi connectivity index (χ3n) is 3.45. The summed E-state index contributed by atoms with van der Waals surface area (Å²) in [5.74, 6) is -0.771. The maximum atomic E-state index is 6.24. The van der Waals surface area contributed by atoms with Crippen molar-refractivity contribution in [3.05, 3.63) is 0 Å². The first-order valence-corrected chi connectivity index (χ1v) is 11.1. The first-order valence-electron chi connectivity index (χ1n) is 9.48. The Bertz CT molecular complexity index is 279. The molecule has 0 aliphatic heterocycles. The summed E-state index contributed by atoms with van der Waals surface area (Å²) in [5, 5.41) is 3.45. The molecule has 0 rings (SSSR count). The summed E-state index contributed by atoms with van der Waals surface area (Å²) < 4.78 is 29.5. The summed E-state index contributed by atoms with van der Waals surface area (Å²) >= 11 is 0. The van der Waals surface area contributed by atoms with Crippen LogP contribution in [-0.2, 0) is 22.4 Å². The Morgan fingerprint density at radius 1 is 0.792 bits per heavy atom. The number of ether oxygens (including phenoxy) is 1. The third-order valence-corrected chi connectivity index (χ3v) is 6.05. The van der Waals surface area contributed by atoms with Crippen LogP contribution in [0.5, 0.6) is 0 Å². The highest BCUT2D eigenvalue weighted by molar-refractivity contribution is 6.53. The van der Waals surface area contributed by atoms with Crippen molar-refractivity contribution < 1.29 is 22.4 Å². The number of nitrogens with one attached hydrogen (secondary N) is 1. The minimum Gasteiger partial charge on any atom is -0.351 e. The normalized spacial score (nSPS) is 14.8. The van der Waals surface area contributed by atoms with Crippen molar-refractivity contribution >= 4 is 9.05 Å². The number of hydrogen-bond acceptors (Lipinski definition) is 6. The fraction of sp³-hybridized carbons (Fsp3) is 1.00. The van der Waals surface area contributed by atoms with Gasteiger partial charge in [0.2, 0.25) is 0 Å². The molecule has 0 radical (unpaired) electrons. The molecule has 0 fully saturated rings. The van der Waals surface area contributed by atoms with Gasteiger partial charge in [-0.3, -0.25) is 0 Å². The summed E-state index contributed by atoms with van der Waals surface area (Å²) in [6.07, 6.45) is 4.11. The van der Waals surface area contributed by atoms with E-state index in [1.807, 2.05) is 34.6 Å². The monoisotopic (exact) mass is 365 g/mol. The summed E-state index contributed by atoms with van der Waals surface area (Å²) in [7, 11) is -3.19. The Morgan fingerprint density at radius 2 is 1.33 bits per heavy atom. The van der Waals surface area contributed by atoms with Crippen LogP contribution in [0.2, 0.25) is 0 Å². The molecule has 7 heteroatoms. The van der Waals surface area contributed by atoms with Gasteiger partial charge in [0.1, 0.15) is 0 Å². The van der Waals surface area contributed by atoms with Crippen molar-refractivity contribution in [3.63, 3.8) is 0 Å². The smallest absolute Gasteiger partial charge is 0.351 e. The van der Waals surface area contributed by atoms with E-state index in [1.54, 1.807) is 0 Å². The summed E-state index contributed by atoms with van der Waals surface area (Å²) in [4.78, 5) is 0. The lowest BCUT2D eigenvalue weighted by Crippen LogP contribution is -2.55. The molecule has 6 nitrogen and oxygen atoms in total. The molecule has 1 atom stereocenters. The second kappa shape index (κ2) is 14.2. The minimum absolute atomic E-state index is 0.479. The maximum absolute atomic E-state index is 6.24. The Balaban J connectivity index is 4.75. The molecule has 0 amide bonds. The van der Waals surface area contributed by atoms with Gasteiger partial charge in [0.05, 0.1) is 0 Å². The molecule has 0 saturated heterocycles. The minimum atomic E-state index is -3.19. The molecule has 0 aliphatic carbocycles. The largest absolute Gasteiger partial charge is 0.681 e. The second-order valence-electron chi connectivity index (χ2n) is 5.68. The third kappa shape index (κ3) is 10.1. The van der Waals surface area contributed by atoms with E-state index in [-0.39, 0.29) is 0 Å². The van der Waals surface area contributed by atoms with E-state index in [9.17, 15) is 0 Å². The Morgan fingerprint density at radius 3 is 1.79 bits per heavy atom. The van der Waals surface area contributed by atoms with Gasteiger partial charge in [0.25, 0.3) is 0 Å². The zero-order chi connectivity index (χ0) is 18.3. The fourth-order valence-corrected chi connectivity index (χ4v) is 4.60. The van der Waals surface area contributed by atoms with Gasteiger partial charge in [0.15, 0.2) is 5.79 Å². The van der Waals surface area contributed by atoms with Crippen LogP contribution < -0.4 is 5.32 Å². The van der Waals surface area contributed by atoms with Gasteiger partial charge in [0, 0.05) is 32.8 Å². The molecule has 1 unspecified atom stereocenters. The van der Waals surface area contributed by atoms with Gasteiger partial charge in [-0.2, -0.15) is 0 Å². The second-order valence-corrected chi connectivity index (χ2v) is 7.75. The molecule has 0 heterocycles. The lowest BCUT2D eigenvalue weighted by molar-refractivity contribution is -0.219. The highest BCUT2D eigenvalue weighted by Gasteiger charge is 2.50. The highest BCUT2D eigenvalue weighted by atomic mass is 28.4. The van der Waals surface area contributed by atoms with Gasteiger partial charge < -0.3 is 27.8 Å². The molecule has 0 saturated carbocycles. The predicted molar refractivity (Wildman–Crippen MR) is 98.8 cm³/mol. The van der Waals surface area contributed by atoms with Crippen molar-refractivity contribution in [1.82, 2.24) is 5.32 Å². The van der Waals surface area contributed by atoms with E-state index in [0.29, 0.717) is 26.4 Å². The number of hydrogen-bond donors (Lipinski definition) is 1. The first-order chi connectivity index (χ1) is 11.5. The van der Waals surface area contributed by atoms with Crippen LogP contribution >= 0.6 is 0 Å². The fourth-order valence-electron chi connectivity index (χ4n) is 2.43. The van der Waals surface area contributed by atoms with Crippen LogP contribution in [0.15, 0.2) is 0 Å². The van der Waals surface area contributed by atoms with Crippen molar-refractivity contribution in [3.8, 4) is 0 Å². The predicted octanol–water partition coefficient (Wildman–Crippen LogP) is 3.47. The van der Waals surface area contributed by atoms with Gasteiger partial charge in [-0.1, -0.05) is 13.3 Å². The Labute approximate surface area is 150 Å². The standard InChI is InChI=1S/C17H39NO5Si/c1-7-12-15-18-16-13-14-17(6,19-8-2)23-24(20-9-3,21-10-4)22-11-5/h18H,7-16H2,1-6H3. The molecule has 0 bridgehead atoms. The Hall–Kier alpha value is -0.0231. The van der Waals surface area contributed by atoms with E-state index in [4.69, 9.17) is 22.4 Å². The summed E-state index contributed by atoms with van der Waals surface area (Å²) in [5.41, 5.74) is 0. The van der Waals surface area contributed by atoms with Crippen LogP contribution in [0.25, 0.3) is 0 Å². The molecule has 0 aliphatic rings. The molecule has 24 heavy (non-hydrogen) atoms. The van der Waals surface area contributed by atoms with Crippen molar-refractivity contribution in [2.24, 2.45) is 0 Å². The molecule has 0 aromatic rings. The van der Waals surface area contributed by atoms with Crippen molar-refractivity contribution in [1.29, 1.82) is 0 Å². The zero-order valence-corrected chi connectivity index (χ0v) is 17.6. The average Bonchev–Trinajstić information content (AvgIpc) is 2.51. The van der Waals surface area contributed by atoms with Crippen LogP contribution in [0, 0.1) is 0 Å². The van der Waals surface area contributed by atoms with Gasteiger partial charge in [-0.15, -0.1) is 0 Å². The molecule has 0 aromatic carbocycles. The lowest BCUT2D eigenvalue weighted by atomic mass is 10.1. The van der Waals surface area contributed by atoms with Crippen LogP contribution in [0.1, 0.15) is 67.2 Å². The molecule has 146 valence electrons. The topological polar surface area (TPSA) is 58.2 Å². The maximum Gasteiger partial charge on any atom is 0.681 e. The van der Waals surface area contributed by atoms with Crippen molar-refractivity contribution in [2.45, 2.75) is 73.0 Å². The van der Waals surface area contributed by atoms with Crippen molar-refractivity contribution in [2.75, 3.05) is 39.5 Å². The Kier molecular flexibility index (Phi) is 14.2. The van der Waals surface area contributed by atoms with Crippen LogP contribution in [0.3, 0.4) is 0 Å². The summed E-state index contributed by atoms with van der Waals surface area (Å²) in [6, 6.07) is 0. The van der Waals surface area contributed by atoms with E-state index in [2.05, 4.69) is 12.2 Å². The van der Waals surface area contributed by atoms with Crippen LogP contribution in [0.4, 0.5) is 0 Å². The van der Waals surface area contributed by atoms with Gasteiger partial charge in [-0.25, -0.2) is 0 Å². The number of rotatable bonds is 17. The highest BCUT2D eigenvalue weighted by Crippen LogP contribution is 2.26.